The van der Waals surface area contributed by atoms with E-state index in [1.54, 1.807) is 29.9 Å². The predicted octanol–water partition coefficient (Wildman–Crippen LogP) is 5.17. The van der Waals surface area contributed by atoms with Crippen molar-refractivity contribution < 1.29 is 4.74 Å². The molecule has 5 rings (SSSR count). The molecule has 0 bridgehead atoms. The Kier molecular flexibility index (Phi) is 5.85. The second kappa shape index (κ2) is 8.96. The monoisotopic (exact) mass is 489 g/mol. The van der Waals surface area contributed by atoms with E-state index >= 15 is 0 Å². The minimum Gasteiger partial charge on any atom is -0.495 e. The number of rotatable bonds is 5. The van der Waals surface area contributed by atoms with E-state index in [0.29, 0.717) is 49.9 Å². The number of aromatic nitrogens is 4. The van der Waals surface area contributed by atoms with E-state index in [9.17, 15) is 4.79 Å². The Morgan fingerprint density at radius 2 is 1.82 bits per heavy atom. The van der Waals surface area contributed by atoms with Gasteiger partial charge in [-0.2, -0.15) is 0 Å². The Bertz CT molecular complexity index is 1620. The number of hydrogen-bond acceptors (Lipinski definition) is 7. The van der Waals surface area contributed by atoms with Crippen LogP contribution in [0.2, 0.25) is 5.02 Å². The number of halogens is 1. The van der Waals surface area contributed by atoms with Gasteiger partial charge in [0.05, 0.1) is 35.0 Å². The topological polar surface area (TPSA) is 95.9 Å². The van der Waals surface area contributed by atoms with Crippen LogP contribution < -0.4 is 16.0 Å². The molecule has 5 aromatic rings. The number of thioether (sulfide) groups is 1. The summed E-state index contributed by atoms with van der Waals surface area (Å²) < 4.78 is 7.13. The highest BCUT2D eigenvalue weighted by atomic mass is 35.5. The molecule has 0 saturated heterocycles. The largest absolute Gasteiger partial charge is 0.495 e. The molecule has 2 aromatic heterocycles. The van der Waals surface area contributed by atoms with Crippen LogP contribution in [-0.4, -0.2) is 26.6 Å². The van der Waals surface area contributed by atoms with E-state index in [4.69, 9.17) is 27.1 Å². The van der Waals surface area contributed by atoms with Gasteiger partial charge in [0, 0.05) is 10.4 Å². The van der Waals surface area contributed by atoms with Crippen LogP contribution in [-0.2, 0) is 5.75 Å². The van der Waals surface area contributed by atoms with Gasteiger partial charge in [0.1, 0.15) is 17.4 Å². The molecule has 0 saturated carbocycles. The van der Waals surface area contributed by atoms with Crippen molar-refractivity contribution in [2.24, 2.45) is 0 Å². The van der Waals surface area contributed by atoms with E-state index in [1.807, 2.05) is 49.4 Å². The molecule has 0 atom stereocenters. The van der Waals surface area contributed by atoms with Crippen LogP contribution in [0.3, 0.4) is 0 Å². The highest BCUT2D eigenvalue weighted by molar-refractivity contribution is 7.98. The van der Waals surface area contributed by atoms with E-state index in [1.165, 1.54) is 11.8 Å². The maximum absolute atomic E-state index is 13.6. The highest BCUT2D eigenvalue weighted by Crippen LogP contribution is 2.30. The van der Waals surface area contributed by atoms with Crippen LogP contribution in [0.1, 0.15) is 11.4 Å². The highest BCUT2D eigenvalue weighted by Gasteiger charge is 2.18. The molecular weight excluding hydrogens is 470 g/mol. The first-order valence-electron chi connectivity index (χ1n) is 10.5. The van der Waals surface area contributed by atoms with Crippen LogP contribution in [0.25, 0.3) is 27.5 Å². The Labute approximate surface area is 204 Å². The molecule has 2 N–H and O–H groups in total. The summed E-state index contributed by atoms with van der Waals surface area (Å²) in [7, 11) is 1.58. The standard InChI is InChI=1S/C25H20ClN5O2S/c1-14-7-10-21(33-2)20(11-14)31-24(32)17-9-8-15(26)12-19(17)29-25(31)34-13-22-28-18-6-4-3-5-16(18)23(27)30-22/h3-12H,13H2,1-2H3,(H2,27,28,30). The molecule has 9 heteroatoms. The summed E-state index contributed by atoms with van der Waals surface area (Å²) in [5.41, 5.74) is 8.82. The van der Waals surface area contributed by atoms with Crippen molar-refractivity contribution in [1.29, 1.82) is 0 Å². The van der Waals surface area contributed by atoms with Crippen molar-refractivity contribution >= 4 is 51.0 Å². The number of methoxy groups -OCH3 is 1. The van der Waals surface area contributed by atoms with Crippen LogP contribution in [0.4, 0.5) is 5.82 Å². The normalized spacial score (nSPS) is 11.3. The number of hydrogen-bond donors (Lipinski definition) is 1. The van der Waals surface area contributed by atoms with Crippen LogP contribution in [0, 0.1) is 6.92 Å². The molecule has 0 radical (unpaired) electrons. The van der Waals surface area contributed by atoms with Crippen molar-refractivity contribution in [2.45, 2.75) is 17.8 Å². The molecule has 2 heterocycles. The number of benzene rings is 3. The Morgan fingerprint density at radius 3 is 2.65 bits per heavy atom. The molecule has 0 aliphatic carbocycles. The molecule has 0 spiro atoms. The van der Waals surface area contributed by atoms with E-state index < -0.39 is 0 Å². The maximum Gasteiger partial charge on any atom is 0.266 e. The number of fused-ring (bicyclic) bond motifs is 2. The van der Waals surface area contributed by atoms with Gasteiger partial charge in [0.2, 0.25) is 0 Å². The average Bonchev–Trinajstić information content (AvgIpc) is 2.82. The molecule has 34 heavy (non-hydrogen) atoms. The quantitative estimate of drug-likeness (QED) is 0.268. The lowest BCUT2D eigenvalue weighted by atomic mass is 10.2. The van der Waals surface area contributed by atoms with Gasteiger partial charge in [0.15, 0.2) is 5.16 Å². The smallest absolute Gasteiger partial charge is 0.266 e. The minimum absolute atomic E-state index is 0.216. The van der Waals surface area contributed by atoms with Crippen molar-refractivity contribution in [3.63, 3.8) is 0 Å². The number of nitrogen functional groups attached to an aromatic ring is 1. The number of aryl methyl sites for hydroxylation is 1. The average molecular weight is 490 g/mol. The van der Waals surface area contributed by atoms with Crippen LogP contribution >= 0.6 is 23.4 Å². The van der Waals surface area contributed by atoms with Crippen molar-refractivity contribution in [2.75, 3.05) is 12.8 Å². The minimum atomic E-state index is -0.216. The zero-order chi connectivity index (χ0) is 23.8. The third-order valence-corrected chi connectivity index (χ3v) is 6.55. The molecule has 0 aliphatic heterocycles. The van der Waals surface area contributed by atoms with Gasteiger partial charge in [-0.1, -0.05) is 41.6 Å². The summed E-state index contributed by atoms with van der Waals surface area (Å²) in [4.78, 5) is 27.5. The van der Waals surface area contributed by atoms with Gasteiger partial charge in [-0.3, -0.25) is 9.36 Å². The predicted molar refractivity (Wildman–Crippen MR) is 137 cm³/mol. The Balaban J connectivity index is 1.66. The third kappa shape index (κ3) is 4.06. The molecule has 170 valence electrons. The van der Waals surface area contributed by atoms with E-state index in [-0.39, 0.29) is 5.56 Å². The van der Waals surface area contributed by atoms with Gasteiger partial charge in [0.25, 0.3) is 5.56 Å². The molecule has 7 nitrogen and oxygen atoms in total. The Hall–Kier alpha value is -3.62. The number of nitrogens with two attached hydrogens (primary N) is 1. The first kappa shape index (κ1) is 22.2. The summed E-state index contributed by atoms with van der Waals surface area (Å²) in [6.45, 7) is 1.96. The van der Waals surface area contributed by atoms with E-state index in [0.717, 1.165) is 16.5 Å². The van der Waals surface area contributed by atoms with Gasteiger partial charge in [-0.05, 0) is 55.0 Å². The molecule has 0 unspecified atom stereocenters. The lowest BCUT2D eigenvalue weighted by Gasteiger charge is -2.16. The first-order valence-corrected chi connectivity index (χ1v) is 11.8. The lowest BCUT2D eigenvalue weighted by Crippen LogP contribution is -2.22. The van der Waals surface area contributed by atoms with Crippen molar-refractivity contribution in [3.05, 3.63) is 87.4 Å². The third-order valence-electron chi connectivity index (χ3n) is 5.39. The number of para-hydroxylation sites is 1. The zero-order valence-corrected chi connectivity index (χ0v) is 20.0. The fourth-order valence-electron chi connectivity index (χ4n) is 3.77. The maximum atomic E-state index is 13.6. The van der Waals surface area contributed by atoms with Crippen LogP contribution in [0.15, 0.2) is 70.6 Å². The molecule has 0 fully saturated rings. The molecule has 0 amide bonds. The van der Waals surface area contributed by atoms with Gasteiger partial charge < -0.3 is 10.5 Å². The van der Waals surface area contributed by atoms with E-state index in [2.05, 4.69) is 9.97 Å². The summed E-state index contributed by atoms with van der Waals surface area (Å²) in [6.07, 6.45) is 0. The number of ether oxygens (including phenoxy) is 1. The van der Waals surface area contributed by atoms with Gasteiger partial charge >= 0.3 is 0 Å². The fourth-order valence-corrected chi connectivity index (χ4v) is 4.79. The first-order chi connectivity index (χ1) is 16.4. The molecular formula is C25H20ClN5O2S. The van der Waals surface area contributed by atoms with Crippen LogP contribution in [0.5, 0.6) is 5.75 Å². The number of nitrogens with zero attached hydrogens (tertiary/aromatic N) is 4. The zero-order valence-electron chi connectivity index (χ0n) is 18.4. The second-order valence-corrected chi connectivity index (χ2v) is 9.08. The SMILES string of the molecule is COc1ccc(C)cc1-n1c(SCc2nc(N)c3ccccc3n2)nc2cc(Cl)ccc2c1=O. The Morgan fingerprint density at radius 1 is 1.00 bits per heavy atom. The van der Waals surface area contributed by atoms with Crippen molar-refractivity contribution in [1.82, 2.24) is 19.5 Å². The fraction of sp³-hybridized carbons (Fsp3) is 0.120. The molecule has 3 aromatic carbocycles. The lowest BCUT2D eigenvalue weighted by molar-refractivity contribution is 0.411. The summed E-state index contributed by atoms with van der Waals surface area (Å²) in [5.74, 6) is 1.89. The number of anilines is 1. The van der Waals surface area contributed by atoms with Crippen molar-refractivity contribution in [3.8, 4) is 11.4 Å². The summed E-state index contributed by atoms with van der Waals surface area (Å²) >= 11 is 7.53. The van der Waals surface area contributed by atoms with Gasteiger partial charge in [-0.15, -0.1) is 0 Å². The summed E-state index contributed by atoms with van der Waals surface area (Å²) in [5, 5.41) is 2.24. The summed E-state index contributed by atoms with van der Waals surface area (Å²) in [6, 6.07) is 18.3. The molecule has 0 aliphatic rings. The van der Waals surface area contributed by atoms with Gasteiger partial charge in [-0.25, -0.2) is 15.0 Å². The second-order valence-electron chi connectivity index (χ2n) is 7.70.